The first kappa shape index (κ1) is 15.1. The van der Waals surface area contributed by atoms with Crippen molar-refractivity contribution in [2.24, 2.45) is 0 Å². The number of esters is 1. The van der Waals surface area contributed by atoms with Crippen molar-refractivity contribution >= 4 is 11.7 Å². The van der Waals surface area contributed by atoms with E-state index < -0.39 is 6.04 Å². The molecule has 0 saturated heterocycles. The Hall–Kier alpha value is -2.29. The molecule has 21 heavy (non-hydrogen) atoms. The van der Waals surface area contributed by atoms with Gasteiger partial charge in [0.25, 0.3) is 0 Å². The summed E-state index contributed by atoms with van der Waals surface area (Å²) >= 11 is 0. The van der Waals surface area contributed by atoms with Crippen LogP contribution in [0.2, 0.25) is 0 Å². The molecule has 0 aliphatic heterocycles. The van der Waals surface area contributed by atoms with E-state index >= 15 is 0 Å². The SMILES string of the molecule is CCc1ccccc1C(Nc1cccc(C)c1)C(=O)OC. The van der Waals surface area contributed by atoms with E-state index in [2.05, 4.69) is 12.2 Å². The Bertz CT molecular complexity index is 622. The number of hydrogen-bond acceptors (Lipinski definition) is 3. The Morgan fingerprint density at radius 3 is 2.62 bits per heavy atom. The van der Waals surface area contributed by atoms with Crippen LogP contribution in [0.5, 0.6) is 0 Å². The maximum atomic E-state index is 12.2. The number of anilines is 1. The zero-order valence-corrected chi connectivity index (χ0v) is 12.7. The molecule has 0 heterocycles. The highest BCUT2D eigenvalue weighted by atomic mass is 16.5. The van der Waals surface area contributed by atoms with E-state index in [1.54, 1.807) is 0 Å². The molecule has 1 atom stereocenters. The molecule has 2 aromatic rings. The summed E-state index contributed by atoms with van der Waals surface area (Å²) in [5.74, 6) is -0.280. The van der Waals surface area contributed by atoms with Crippen LogP contribution in [0.25, 0.3) is 0 Å². The summed E-state index contributed by atoms with van der Waals surface area (Å²) in [4.78, 5) is 12.2. The second kappa shape index (κ2) is 6.93. The van der Waals surface area contributed by atoms with Crippen LogP contribution in [0.3, 0.4) is 0 Å². The molecule has 0 bridgehead atoms. The van der Waals surface area contributed by atoms with Gasteiger partial charge in [-0.25, -0.2) is 4.79 Å². The monoisotopic (exact) mass is 283 g/mol. The van der Waals surface area contributed by atoms with E-state index in [1.165, 1.54) is 7.11 Å². The van der Waals surface area contributed by atoms with Crippen LogP contribution in [0, 0.1) is 6.92 Å². The fraction of sp³-hybridized carbons (Fsp3) is 0.278. The molecule has 0 radical (unpaired) electrons. The van der Waals surface area contributed by atoms with E-state index in [0.717, 1.165) is 28.8 Å². The van der Waals surface area contributed by atoms with Crippen LogP contribution in [0.1, 0.15) is 29.7 Å². The standard InChI is InChI=1S/C18H21NO2/c1-4-14-9-5-6-11-16(14)17(18(20)21-3)19-15-10-7-8-13(2)12-15/h5-12,17,19H,4H2,1-3H3. The van der Waals surface area contributed by atoms with Crippen LogP contribution in [0.4, 0.5) is 5.69 Å². The van der Waals surface area contributed by atoms with Gasteiger partial charge in [0.15, 0.2) is 6.04 Å². The maximum absolute atomic E-state index is 12.2. The number of hydrogen-bond donors (Lipinski definition) is 1. The minimum absolute atomic E-state index is 0.280. The van der Waals surface area contributed by atoms with Crippen molar-refractivity contribution in [3.05, 3.63) is 65.2 Å². The van der Waals surface area contributed by atoms with Gasteiger partial charge >= 0.3 is 5.97 Å². The van der Waals surface area contributed by atoms with Crippen LogP contribution >= 0.6 is 0 Å². The first-order valence-electron chi connectivity index (χ1n) is 7.14. The number of carbonyl (C=O) groups is 1. The third-order valence-electron chi connectivity index (χ3n) is 3.51. The molecule has 0 aromatic heterocycles. The summed E-state index contributed by atoms with van der Waals surface area (Å²) in [6.07, 6.45) is 0.874. The Morgan fingerprint density at radius 2 is 1.95 bits per heavy atom. The fourth-order valence-corrected chi connectivity index (χ4v) is 2.42. The number of aryl methyl sites for hydroxylation is 2. The maximum Gasteiger partial charge on any atom is 0.332 e. The van der Waals surface area contributed by atoms with Crippen molar-refractivity contribution in [1.82, 2.24) is 0 Å². The lowest BCUT2D eigenvalue weighted by Crippen LogP contribution is -2.23. The molecule has 0 saturated carbocycles. The molecule has 3 heteroatoms. The second-order valence-electron chi connectivity index (χ2n) is 5.02. The van der Waals surface area contributed by atoms with Gasteiger partial charge in [0.05, 0.1) is 7.11 Å². The van der Waals surface area contributed by atoms with Gasteiger partial charge in [-0.2, -0.15) is 0 Å². The molecule has 1 unspecified atom stereocenters. The number of benzene rings is 2. The topological polar surface area (TPSA) is 38.3 Å². The second-order valence-corrected chi connectivity index (χ2v) is 5.02. The molecular formula is C18H21NO2. The van der Waals surface area contributed by atoms with Crippen molar-refractivity contribution in [2.75, 3.05) is 12.4 Å². The minimum Gasteiger partial charge on any atom is -0.467 e. The molecule has 2 rings (SSSR count). The molecule has 0 spiro atoms. The van der Waals surface area contributed by atoms with Crippen molar-refractivity contribution in [3.8, 4) is 0 Å². The molecule has 0 aliphatic rings. The van der Waals surface area contributed by atoms with Crippen LogP contribution in [0.15, 0.2) is 48.5 Å². The average Bonchev–Trinajstić information content (AvgIpc) is 2.52. The van der Waals surface area contributed by atoms with Gasteiger partial charge in [-0.3, -0.25) is 0 Å². The summed E-state index contributed by atoms with van der Waals surface area (Å²) in [5.41, 5.74) is 4.17. The van der Waals surface area contributed by atoms with E-state index in [0.29, 0.717) is 0 Å². The number of rotatable bonds is 5. The third-order valence-corrected chi connectivity index (χ3v) is 3.51. The number of ether oxygens (including phenoxy) is 1. The molecule has 1 N–H and O–H groups in total. The highest BCUT2D eigenvalue weighted by Crippen LogP contribution is 2.25. The quantitative estimate of drug-likeness (QED) is 0.846. The molecular weight excluding hydrogens is 262 g/mol. The number of methoxy groups -OCH3 is 1. The predicted molar refractivity (Wildman–Crippen MR) is 85.4 cm³/mol. The van der Waals surface area contributed by atoms with Gasteiger partial charge in [0.2, 0.25) is 0 Å². The van der Waals surface area contributed by atoms with Crippen molar-refractivity contribution in [3.63, 3.8) is 0 Å². The smallest absolute Gasteiger partial charge is 0.332 e. The number of nitrogens with one attached hydrogen (secondary N) is 1. The van der Waals surface area contributed by atoms with Crippen molar-refractivity contribution in [1.29, 1.82) is 0 Å². The predicted octanol–water partition coefficient (Wildman–Crippen LogP) is 3.88. The Labute approximate surface area is 126 Å². The zero-order chi connectivity index (χ0) is 15.2. The van der Waals surface area contributed by atoms with Crippen molar-refractivity contribution < 1.29 is 9.53 Å². The Balaban J connectivity index is 2.37. The zero-order valence-electron chi connectivity index (χ0n) is 12.7. The van der Waals surface area contributed by atoms with Crippen molar-refractivity contribution in [2.45, 2.75) is 26.3 Å². The highest BCUT2D eigenvalue weighted by molar-refractivity contribution is 5.81. The van der Waals surface area contributed by atoms with Crippen LogP contribution < -0.4 is 5.32 Å². The number of carbonyl (C=O) groups excluding carboxylic acids is 1. The molecule has 110 valence electrons. The molecule has 3 nitrogen and oxygen atoms in total. The Kier molecular flexibility index (Phi) is 4.99. The largest absolute Gasteiger partial charge is 0.467 e. The van der Waals surface area contributed by atoms with Gasteiger partial charge in [0.1, 0.15) is 0 Å². The van der Waals surface area contributed by atoms with Crippen LogP contribution in [-0.2, 0) is 16.0 Å². The van der Waals surface area contributed by atoms with Gasteiger partial charge in [-0.1, -0.05) is 43.3 Å². The first-order valence-corrected chi connectivity index (χ1v) is 7.14. The summed E-state index contributed by atoms with van der Waals surface area (Å²) in [7, 11) is 1.42. The van der Waals surface area contributed by atoms with E-state index in [-0.39, 0.29) is 5.97 Å². The third kappa shape index (κ3) is 3.63. The minimum atomic E-state index is -0.493. The Morgan fingerprint density at radius 1 is 1.19 bits per heavy atom. The summed E-state index contributed by atoms with van der Waals surface area (Å²) in [6, 6.07) is 15.4. The van der Waals surface area contributed by atoms with Gasteiger partial charge in [-0.15, -0.1) is 0 Å². The summed E-state index contributed by atoms with van der Waals surface area (Å²) in [5, 5.41) is 3.29. The summed E-state index contributed by atoms with van der Waals surface area (Å²) < 4.78 is 4.97. The highest BCUT2D eigenvalue weighted by Gasteiger charge is 2.23. The lowest BCUT2D eigenvalue weighted by Gasteiger charge is -2.20. The van der Waals surface area contributed by atoms with Crippen LogP contribution in [-0.4, -0.2) is 13.1 Å². The lowest BCUT2D eigenvalue weighted by atomic mass is 9.98. The van der Waals surface area contributed by atoms with E-state index in [4.69, 9.17) is 4.74 Å². The normalized spacial score (nSPS) is 11.8. The van der Waals surface area contributed by atoms with E-state index in [1.807, 2.05) is 55.5 Å². The van der Waals surface area contributed by atoms with E-state index in [9.17, 15) is 4.79 Å². The average molecular weight is 283 g/mol. The fourth-order valence-electron chi connectivity index (χ4n) is 2.42. The summed E-state index contributed by atoms with van der Waals surface area (Å²) in [6.45, 7) is 4.11. The van der Waals surface area contributed by atoms with Gasteiger partial charge in [0, 0.05) is 5.69 Å². The molecule has 0 fully saturated rings. The molecule has 0 amide bonds. The molecule has 2 aromatic carbocycles. The van der Waals surface area contributed by atoms with Gasteiger partial charge < -0.3 is 10.1 Å². The first-order chi connectivity index (χ1) is 10.2. The van der Waals surface area contributed by atoms with Gasteiger partial charge in [-0.05, 0) is 42.2 Å². The molecule has 0 aliphatic carbocycles. The lowest BCUT2D eigenvalue weighted by molar-refractivity contribution is -0.141.